The third-order valence-electron chi connectivity index (χ3n) is 0. The molecule has 0 saturated carbocycles. The molecular weight excluding hydrogens is 220 g/mol. The molecule has 3 N–H and O–H groups in total. The maximum absolute atomic E-state index is 4.50. The molecule has 0 bridgehead atoms. The van der Waals surface area contributed by atoms with Crippen LogP contribution in [0.5, 0.6) is 0 Å². The summed E-state index contributed by atoms with van der Waals surface area (Å²) in [6.45, 7) is 22.8. The summed E-state index contributed by atoms with van der Waals surface area (Å²) in [7, 11) is 5.25. The monoisotopic (exact) mass is 266 g/mol. The average Bonchev–Trinajstić information content (AvgIpc) is 2.40. The molecule has 0 spiro atoms. The van der Waals surface area contributed by atoms with Crippen LogP contribution in [0.2, 0.25) is 0 Å². The molecule has 0 fully saturated rings. The fourth-order valence-electron chi connectivity index (χ4n) is 0. The van der Waals surface area contributed by atoms with E-state index in [9.17, 15) is 0 Å². The van der Waals surface area contributed by atoms with Crippen LogP contribution in [0, 0.1) is 0 Å². The van der Waals surface area contributed by atoms with Crippen LogP contribution < -0.4 is 11.1 Å². The fraction of sp³-hybridized carbons (Fsp3) is 0.875. The summed E-state index contributed by atoms with van der Waals surface area (Å²) < 4.78 is 0. The summed E-state index contributed by atoms with van der Waals surface area (Å²) in [6, 6.07) is 0. The molecule has 0 unspecified atom stereocenters. The van der Waals surface area contributed by atoms with Gasteiger partial charge < -0.3 is 11.1 Å². The smallest absolute Gasteiger partial charge is 0.0167 e. The van der Waals surface area contributed by atoms with Gasteiger partial charge in [-0.1, -0.05) is 74.7 Å². The SMILES string of the molecule is C=C.CC.CCC.CCC.CCC.CN.CNC. The van der Waals surface area contributed by atoms with Gasteiger partial charge in [0, 0.05) is 0 Å². The largest absolute Gasteiger partial charge is 0.333 e. The van der Waals surface area contributed by atoms with Crippen molar-refractivity contribution in [3.63, 3.8) is 0 Å². The quantitative estimate of drug-likeness (QED) is 0.569. The topological polar surface area (TPSA) is 38.0 Å². The van der Waals surface area contributed by atoms with Gasteiger partial charge >= 0.3 is 0 Å². The first-order valence-electron chi connectivity index (χ1n) is 7.32. The molecule has 0 aromatic carbocycles. The van der Waals surface area contributed by atoms with E-state index < -0.39 is 0 Å². The zero-order valence-corrected chi connectivity index (χ0v) is 15.6. The molecule has 0 aromatic rings. The summed E-state index contributed by atoms with van der Waals surface area (Å²) in [5.41, 5.74) is 4.50. The van der Waals surface area contributed by atoms with Gasteiger partial charge in [-0.05, 0) is 21.1 Å². The van der Waals surface area contributed by atoms with E-state index >= 15 is 0 Å². The first-order chi connectivity index (χ1) is 8.66. The van der Waals surface area contributed by atoms with Crippen LogP contribution in [0.4, 0.5) is 0 Å². The van der Waals surface area contributed by atoms with Crippen molar-refractivity contribution in [1.82, 2.24) is 5.32 Å². The Morgan fingerprint density at radius 3 is 0.667 bits per heavy atom. The minimum absolute atomic E-state index is 1.25. The molecule has 0 saturated heterocycles. The van der Waals surface area contributed by atoms with Gasteiger partial charge in [0.25, 0.3) is 0 Å². The van der Waals surface area contributed by atoms with E-state index in [1.807, 2.05) is 27.9 Å². The number of rotatable bonds is 0. The molecule has 0 heterocycles. The van der Waals surface area contributed by atoms with Gasteiger partial charge in [-0.2, -0.15) is 0 Å². The molecule has 0 aliphatic rings. The third kappa shape index (κ3) is 29100. The standard InChI is InChI=1S/3C3H8.C2H7N.C2H6.C2H4.CH5N/c4*1-3-2;3*1-2/h3*3H2,1-2H3;3H,1-2H3;1-2H3;1-2H2;2H2,1H3. The van der Waals surface area contributed by atoms with Gasteiger partial charge in [-0.15, -0.1) is 13.2 Å². The maximum Gasteiger partial charge on any atom is -0.0167 e. The zero-order valence-electron chi connectivity index (χ0n) is 15.6. The lowest BCUT2D eigenvalue weighted by atomic mass is 10.6. The number of hydrogen-bond donors (Lipinski definition) is 2. The van der Waals surface area contributed by atoms with E-state index in [1.54, 1.807) is 0 Å². The summed E-state index contributed by atoms with van der Waals surface area (Å²) in [4.78, 5) is 0. The van der Waals surface area contributed by atoms with E-state index in [2.05, 4.69) is 65.8 Å². The van der Waals surface area contributed by atoms with Crippen molar-refractivity contribution in [1.29, 1.82) is 0 Å². The van der Waals surface area contributed by atoms with Crippen LogP contribution in [0.1, 0.15) is 74.7 Å². The molecule has 120 valence electrons. The van der Waals surface area contributed by atoms with Crippen LogP contribution >= 0.6 is 0 Å². The van der Waals surface area contributed by atoms with E-state index in [-0.39, 0.29) is 0 Å². The van der Waals surface area contributed by atoms with Gasteiger partial charge in [-0.3, -0.25) is 0 Å². The second-order valence-corrected chi connectivity index (χ2v) is 2.62. The lowest BCUT2D eigenvalue weighted by Gasteiger charge is -1.59. The highest BCUT2D eigenvalue weighted by atomic mass is 14.7. The highest BCUT2D eigenvalue weighted by Gasteiger charge is 1.36. The van der Waals surface area contributed by atoms with Crippen LogP contribution in [-0.4, -0.2) is 21.1 Å². The molecule has 0 aromatic heterocycles. The Morgan fingerprint density at radius 2 is 0.667 bits per heavy atom. The van der Waals surface area contributed by atoms with E-state index in [1.165, 1.54) is 26.3 Å². The maximum atomic E-state index is 4.50. The van der Waals surface area contributed by atoms with Crippen molar-refractivity contribution in [2.75, 3.05) is 21.1 Å². The van der Waals surface area contributed by atoms with E-state index in [0.717, 1.165) is 0 Å². The molecule has 0 atom stereocenters. The highest BCUT2D eigenvalue weighted by molar-refractivity contribution is 4.22. The third-order valence-corrected chi connectivity index (χ3v) is 0. The Kier molecular flexibility index (Phi) is 731. The molecule has 0 rings (SSSR count). The molecule has 2 heteroatoms. The molecule has 0 aliphatic carbocycles. The lowest BCUT2D eigenvalue weighted by molar-refractivity contribution is 1.02. The van der Waals surface area contributed by atoms with E-state index in [0.29, 0.717) is 0 Å². The second kappa shape index (κ2) is 305. The van der Waals surface area contributed by atoms with E-state index in [4.69, 9.17) is 0 Å². The molecule has 18 heavy (non-hydrogen) atoms. The Balaban J connectivity index is -0.0000000159. The summed E-state index contributed by atoms with van der Waals surface area (Å²) in [5.74, 6) is 0. The van der Waals surface area contributed by atoms with Crippen LogP contribution in [-0.2, 0) is 0 Å². The number of nitrogens with one attached hydrogen (secondary N) is 1. The van der Waals surface area contributed by atoms with Crippen LogP contribution in [0.15, 0.2) is 13.2 Å². The van der Waals surface area contributed by atoms with Crippen molar-refractivity contribution >= 4 is 0 Å². The molecular formula is C16H46N2. The number of hydrogen-bond acceptors (Lipinski definition) is 2. The van der Waals surface area contributed by atoms with Crippen molar-refractivity contribution in [2.24, 2.45) is 5.73 Å². The van der Waals surface area contributed by atoms with Crippen molar-refractivity contribution in [3.8, 4) is 0 Å². The molecule has 0 aliphatic heterocycles. The average molecular weight is 267 g/mol. The summed E-state index contributed by atoms with van der Waals surface area (Å²) >= 11 is 0. The Morgan fingerprint density at radius 1 is 0.667 bits per heavy atom. The van der Waals surface area contributed by atoms with Gasteiger partial charge in [0.1, 0.15) is 0 Å². The predicted molar refractivity (Wildman–Crippen MR) is 95.6 cm³/mol. The lowest BCUT2D eigenvalue weighted by Crippen LogP contribution is -1.89. The van der Waals surface area contributed by atoms with Gasteiger partial charge in [0.15, 0.2) is 0 Å². The van der Waals surface area contributed by atoms with Gasteiger partial charge in [0.2, 0.25) is 0 Å². The predicted octanol–water partition coefficient (Wildman–Crippen LogP) is 5.49. The zero-order chi connectivity index (χ0) is 16.8. The number of nitrogens with two attached hydrogens (primary N) is 1. The minimum Gasteiger partial charge on any atom is -0.333 e. The van der Waals surface area contributed by atoms with Gasteiger partial charge in [-0.25, -0.2) is 0 Å². The highest BCUT2D eigenvalue weighted by Crippen LogP contribution is 1.56. The first kappa shape index (κ1) is 43.1. The molecule has 0 amide bonds. The second-order valence-electron chi connectivity index (χ2n) is 2.62. The summed E-state index contributed by atoms with van der Waals surface area (Å²) in [5, 5.41) is 2.75. The Bertz CT molecular complexity index is 24.3. The van der Waals surface area contributed by atoms with Crippen LogP contribution in [0.25, 0.3) is 0 Å². The van der Waals surface area contributed by atoms with Crippen LogP contribution in [0.3, 0.4) is 0 Å². The Labute approximate surface area is 120 Å². The van der Waals surface area contributed by atoms with Crippen molar-refractivity contribution in [3.05, 3.63) is 13.2 Å². The molecule has 2 nitrogen and oxygen atoms in total. The van der Waals surface area contributed by atoms with Crippen molar-refractivity contribution in [2.45, 2.75) is 74.7 Å². The van der Waals surface area contributed by atoms with Crippen molar-refractivity contribution < 1.29 is 0 Å². The van der Waals surface area contributed by atoms with Gasteiger partial charge in [0.05, 0.1) is 0 Å². The Hall–Kier alpha value is -0.340. The summed E-state index contributed by atoms with van der Waals surface area (Å²) in [6.07, 6.45) is 3.75. The minimum atomic E-state index is 1.25. The first-order valence-corrected chi connectivity index (χ1v) is 7.32. The molecule has 0 radical (unpaired) electrons. The normalized spacial score (nSPS) is 4.89. The fourth-order valence-corrected chi connectivity index (χ4v) is 0.